The fraction of sp³-hybridized carbons (Fsp3) is 0.476. The van der Waals surface area contributed by atoms with E-state index in [0.717, 1.165) is 35.3 Å². The molecular formula is C21H33IN6OS. The third kappa shape index (κ3) is 8.97. The molecule has 1 amide bonds. The van der Waals surface area contributed by atoms with E-state index >= 15 is 0 Å². The molecule has 7 nitrogen and oxygen atoms in total. The minimum absolute atomic E-state index is 0. The van der Waals surface area contributed by atoms with Crippen LogP contribution in [0, 0.1) is 13.8 Å². The molecule has 9 heteroatoms. The van der Waals surface area contributed by atoms with E-state index in [1.807, 2.05) is 57.1 Å². The maximum absolute atomic E-state index is 12.3. The number of hydrogen-bond donors (Lipinski definition) is 3. The number of likely N-dealkylation sites (N-methyl/N-ethyl adjacent to an activating group) is 1. The Balaban J connectivity index is 0.00000450. The Morgan fingerprint density at radius 1 is 1.20 bits per heavy atom. The van der Waals surface area contributed by atoms with Gasteiger partial charge in [0, 0.05) is 30.1 Å². The van der Waals surface area contributed by atoms with Gasteiger partial charge in [0.25, 0.3) is 5.91 Å². The highest BCUT2D eigenvalue weighted by atomic mass is 127. The molecule has 166 valence electrons. The fourth-order valence-corrected chi connectivity index (χ4v) is 3.47. The zero-order valence-electron chi connectivity index (χ0n) is 18.4. The number of nitrogens with zero attached hydrogens (tertiary/aromatic N) is 3. The number of aliphatic imine (C=N–C) groups is 1. The molecule has 3 N–H and O–H groups in total. The summed E-state index contributed by atoms with van der Waals surface area (Å²) in [5.74, 6) is 0.677. The minimum atomic E-state index is -0.0581. The SMILES string of the molecule is CCNC(=NCc1cccc(C(=O)NCCN(C)C)c1)NCc1nc(C)c(C)s1.I. The lowest BCUT2D eigenvalue weighted by Crippen LogP contribution is -2.36. The highest BCUT2D eigenvalue weighted by Crippen LogP contribution is 2.15. The molecule has 1 heterocycles. The number of nitrogens with one attached hydrogen (secondary N) is 3. The lowest BCUT2D eigenvalue weighted by molar-refractivity contribution is 0.0951. The maximum atomic E-state index is 12.3. The molecular weight excluding hydrogens is 511 g/mol. The van der Waals surface area contributed by atoms with Gasteiger partial charge in [-0.25, -0.2) is 9.98 Å². The van der Waals surface area contributed by atoms with Crippen molar-refractivity contribution in [2.75, 3.05) is 33.7 Å². The van der Waals surface area contributed by atoms with Gasteiger partial charge in [0.15, 0.2) is 5.96 Å². The van der Waals surface area contributed by atoms with Crippen molar-refractivity contribution in [1.82, 2.24) is 25.8 Å². The monoisotopic (exact) mass is 544 g/mol. The number of guanidine groups is 1. The quantitative estimate of drug-likeness (QED) is 0.257. The van der Waals surface area contributed by atoms with E-state index in [2.05, 4.69) is 32.9 Å². The zero-order chi connectivity index (χ0) is 21.2. The molecule has 0 saturated heterocycles. The second kappa shape index (κ2) is 13.6. The first-order chi connectivity index (χ1) is 13.9. The van der Waals surface area contributed by atoms with Gasteiger partial charge < -0.3 is 20.9 Å². The summed E-state index contributed by atoms with van der Waals surface area (Å²) in [7, 11) is 3.97. The van der Waals surface area contributed by atoms with Gasteiger partial charge in [-0.3, -0.25) is 4.79 Å². The normalized spacial score (nSPS) is 11.2. The van der Waals surface area contributed by atoms with Crippen molar-refractivity contribution in [1.29, 1.82) is 0 Å². The van der Waals surface area contributed by atoms with Gasteiger partial charge in [0.05, 0.1) is 18.8 Å². The molecule has 0 atom stereocenters. The summed E-state index contributed by atoms with van der Waals surface area (Å²) >= 11 is 1.70. The highest BCUT2D eigenvalue weighted by Gasteiger charge is 2.07. The largest absolute Gasteiger partial charge is 0.357 e. The van der Waals surface area contributed by atoms with Gasteiger partial charge in [0.1, 0.15) is 5.01 Å². The molecule has 2 rings (SSSR count). The minimum Gasteiger partial charge on any atom is -0.357 e. The maximum Gasteiger partial charge on any atom is 0.251 e. The Bertz CT molecular complexity index is 817. The number of aromatic nitrogens is 1. The van der Waals surface area contributed by atoms with Crippen molar-refractivity contribution in [3.8, 4) is 0 Å². The van der Waals surface area contributed by atoms with Crippen LogP contribution in [-0.4, -0.2) is 55.5 Å². The van der Waals surface area contributed by atoms with Crippen LogP contribution < -0.4 is 16.0 Å². The second-order valence-electron chi connectivity index (χ2n) is 7.06. The number of amides is 1. The third-order valence-corrected chi connectivity index (χ3v) is 5.35. The van der Waals surface area contributed by atoms with Crippen LogP contribution in [0.2, 0.25) is 0 Å². The van der Waals surface area contributed by atoms with E-state index in [0.29, 0.717) is 25.2 Å². The van der Waals surface area contributed by atoms with Crippen LogP contribution in [0.25, 0.3) is 0 Å². The van der Waals surface area contributed by atoms with Crippen molar-refractivity contribution in [3.05, 3.63) is 51.0 Å². The summed E-state index contributed by atoms with van der Waals surface area (Å²) in [6, 6.07) is 7.60. The molecule has 2 aromatic rings. The molecule has 0 radical (unpaired) electrons. The fourth-order valence-electron chi connectivity index (χ4n) is 2.59. The van der Waals surface area contributed by atoms with Crippen LogP contribution in [0.4, 0.5) is 0 Å². The smallest absolute Gasteiger partial charge is 0.251 e. The average molecular weight is 545 g/mol. The molecule has 0 aliphatic rings. The molecule has 1 aromatic heterocycles. The summed E-state index contributed by atoms with van der Waals surface area (Å²) < 4.78 is 0. The van der Waals surface area contributed by atoms with Crippen LogP contribution in [0.15, 0.2) is 29.3 Å². The molecule has 0 spiro atoms. The number of carbonyl (C=O) groups excluding carboxylic acids is 1. The molecule has 0 aliphatic heterocycles. The Kier molecular flexibility index (Phi) is 11.9. The van der Waals surface area contributed by atoms with Gasteiger partial charge in [-0.05, 0) is 52.6 Å². The number of carbonyl (C=O) groups is 1. The van der Waals surface area contributed by atoms with Crippen LogP contribution in [-0.2, 0) is 13.1 Å². The first kappa shape index (κ1) is 26.3. The van der Waals surface area contributed by atoms with E-state index in [9.17, 15) is 4.79 Å². The van der Waals surface area contributed by atoms with E-state index in [4.69, 9.17) is 0 Å². The average Bonchev–Trinajstić information content (AvgIpc) is 3.01. The van der Waals surface area contributed by atoms with Crippen LogP contribution >= 0.6 is 35.3 Å². The predicted octanol–water partition coefficient (Wildman–Crippen LogP) is 2.92. The summed E-state index contributed by atoms with van der Waals surface area (Å²) in [5.41, 5.74) is 2.72. The molecule has 0 unspecified atom stereocenters. The van der Waals surface area contributed by atoms with Crippen LogP contribution in [0.1, 0.15) is 38.4 Å². The van der Waals surface area contributed by atoms with Crippen LogP contribution in [0.3, 0.4) is 0 Å². The zero-order valence-corrected chi connectivity index (χ0v) is 21.6. The summed E-state index contributed by atoms with van der Waals surface area (Å²) in [4.78, 5) is 24.8. The Morgan fingerprint density at radius 3 is 2.60 bits per heavy atom. The Hall–Kier alpha value is -1.72. The Labute approximate surface area is 200 Å². The van der Waals surface area contributed by atoms with Crippen molar-refractivity contribution < 1.29 is 4.79 Å². The molecule has 0 fully saturated rings. The van der Waals surface area contributed by atoms with Crippen molar-refractivity contribution in [3.63, 3.8) is 0 Å². The number of halogens is 1. The highest BCUT2D eigenvalue weighted by molar-refractivity contribution is 14.0. The van der Waals surface area contributed by atoms with E-state index in [1.54, 1.807) is 11.3 Å². The number of thiazole rings is 1. The molecule has 0 saturated carbocycles. The first-order valence-electron chi connectivity index (χ1n) is 9.86. The second-order valence-corrected chi connectivity index (χ2v) is 8.35. The summed E-state index contributed by atoms with van der Waals surface area (Å²) in [6.07, 6.45) is 0. The number of rotatable bonds is 9. The number of hydrogen-bond acceptors (Lipinski definition) is 5. The predicted molar refractivity (Wildman–Crippen MR) is 136 cm³/mol. The van der Waals surface area contributed by atoms with E-state index < -0.39 is 0 Å². The van der Waals surface area contributed by atoms with Crippen molar-refractivity contribution in [2.24, 2.45) is 4.99 Å². The molecule has 30 heavy (non-hydrogen) atoms. The molecule has 0 bridgehead atoms. The Morgan fingerprint density at radius 2 is 1.97 bits per heavy atom. The van der Waals surface area contributed by atoms with E-state index in [1.165, 1.54) is 4.88 Å². The summed E-state index contributed by atoms with van der Waals surface area (Å²) in [6.45, 7) is 9.48. The van der Waals surface area contributed by atoms with Gasteiger partial charge in [-0.2, -0.15) is 0 Å². The lowest BCUT2D eigenvalue weighted by Gasteiger charge is -2.11. The van der Waals surface area contributed by atoms with Crippen LogP contribution in [0.5, 0.6) is 0 Å². The van der Waals surface area contributed by atoms with Gasteiger partial charge in [-0.1, -0.05) is 12.1 Å². The first-order valence-corrected chi connectivity index (χ1v) is 10.7. The van der Waals surface area contributed by atoms with Crippen molar-refractivity contribution in [2.45, 2.75) is 33.9 Å². The lowest BCUT2D eigenvalue weighted by atomic mass is 10.1. The van der Waals surface area contributed by atoms with Crippen molar-refractivity contribution >= 4 is 47.2 Å². The number of benzene rings is 1. The molecule has 1 aromatic carbocycles. The van der Waals surface area contributed by atoms with Gasteiger partial charge >= 0.3 is 0 Å². The topological polar surface area (TPSA) is 81.7 Å². The molecule has 0 aliphatic carbocycles. The standard InChI is InChI=1S/C21H32N6OS.HI/c1-6-22-21(25-14-19-26-15(2)16(3)29-19)24-13-17-8-7-9-18(12-17)20(28)23-10-11-27(4)5;/h7-9,12H,6,10-11,13-14H2,1-5H3,(H,23,28)(H2,22,24,25);1H. The van der Waals surface area contributed by atoms with Gasteiger partial charge in [-0.15, -0.1) is 35.3 Å². The summed E-state index contributed by atoms with van der Waals surface area (Å²) in [5, 5.41) is 10.6. The van der Waals surface area contributed by atoms with E-state index in [-0.39, 0.29) is 29.9 Å². The third-order valence-electron chi connectivity index (χ3n) is 4.28. The number of aryl methyl sites for hydroxylation is 2. The van der Waals surface area contributed by atoms with Gasteiger partial charge in [0.2, 0.25) is 0 Å².